The van der Waals surface area contributed by atoms with Crippen molar-refractivity contribution in [3.05, 3.63) is 23.3 Å². The van der Waals surface area contributed by atoms with E-state index in [4.69, 9.17) is 0 Å². The van der Waals surface area contributed by atoms with Crippen molar-refractivity contribution >= 4 is 0 Å². The van der Waals surface area contributed by atoms with Gasteiger partial charge in [0.2, 0.25) is 0 Å². The quantitative estimate of drug-likeness (QED) is 0.439. The Morgan fingerprint density at radius 2 is 1.74 bits per heavy atom. The first-order chi connectivity index (χ1) is 14.6. The Bertz CT molecular complexity index is 716. The van der Waals surface area contributed by atoms with Gasteiger partial charge in [0.15, 0.2) is 0 Å². The number of aliphatic hydroxyl groups is 1. The van der Waals surface area contributed by atoms with Crippen molar-refractivity contribution in [3.63, 3.8) is 0 Å². The Kier molecular flexibility index (Phi) is 6.59. The lowest BCUT2D eigenvalue weighted by Crippen LogP contribution is -2.52. The van der Waals surface area contributed by atoms with Crippen LogP contribution in [0.5, 0.6) is 0 Å². The summed E-state index contributed by atoms with van der Waals surface area (Å²) in [5, 5.41) is 10.5. The van der Waals surface area contributed by atoms with Crippen LogP contribution in [-0.4, -0.2) is 11.2 Å². The molecule has 4 aliphatic rings. The minimum Gasteiger partial charge on any atom is -0.393 e. The summed E-state index contributed by atoms with van der Waals surface area (Å²) in [4.78, 5) is 0. The molecule has 9 atom stereocenters. The maximum absolute atomic E-state index is 10.5. The maximum Gasteiger partial charge on any atom is 0.0568 e. The fourth-order valence-electron chi connectivity index (χ4n) is 9.28. The van der Waals surface area contributed by atoms with Crippen LogP contribution in [0.25, 0.3) is 0 Å². The van der Waals surface area contributed by atoms with Crippen LogP contribution in [0.1, 0.15) is 106 Å². The molecule has 31 heavy (non-hydrogen) atoms. The normalized spacial score (nSPS) is 46.2. The zero-order valence-electron chi connectivity index (χ0n) is 21.6. The van der Waals surface area contributed by atoms with E-state index in [1.165, 1.54) is 51.4 Å². The number of aliphatic hydroxyl groups excluding tert-OH is 1. The fourth-order valence-corrected chi connectivity index (χ4v) is 9.28. The van der Waals surface area contributed by atoms with Crippen LogP contribution in [0.15, 0.2) is 23.3 Å². The molecule has 1 N–H and O–H groups in total. The van der Waals surface area contributed by atoms with Crippen molar-refractivity contribution in [2.45, 2.75) is 112 Å². The first-order valence-corrected chi connectivity index (χ1v) is 13.7. The Morgan fingerprint density at radius 3 is 2.42 bits per heavy atom. The SMILES string of the molecule is C/C=C(/CC[C@@H](C)[C@H]1CC[C@H]2C3=CC[C@H]4[C@H](C)[C@@H](O)CC[C@@]4(C)[C@@H]3CC[C@@]12C)C(C)C. The molecule has 4 rings (SSSR count). The summed E-state index contributed by atoms with van der Waals surface area (Å²) in [5.41, 5.74) is 4.45. The third-order valence-corrected chi connectivity index (χ3v) is 11.3. The lowest BCUT2D eigenvalue weighted by atomic mass is 9.46. The standard InChI is InChI=1S/C30H50O/c1-8-22(19(2)3)10-9-20(4)24-13-14-26-23-11-12-25-21(5)28(31)16-18-30(25,7)27(23)15-17-29(24,26)6/h8,11,19-21,24-28,31H,9-10,12-18H2,1-7H3/b22-8-/t20-,21+,24-,25+,26+,27-,28+,29+,30-/m1/s1. The van der Waals surface area contributed by atoms with Gasteiger partial charge in [0, 0.05) is 0 Å². The second-order valence-corrected chi connectivity index (χ2v) is 12.9. The van der Waals surface area contributed by atoms with Crippen molar-refractivity contribution in [2.24, 2.45) is 52.3 Å². The van der Waals surface area contributed by atoms with Gasteiger partial charge in [0.25, 0.3) is 0 Å². The highest BCUT2D eigenvalue weighted by molar-refractivity contribution is 5.28. The minimum atomic E-state index is -0.0773. The largest absolute Gasteiger partial charge is 0.393 e. The summed E-state index contributed by atoms with van der Waals surface area (Å²) in [5.74, 6) is 5.16. The summed E-state index contributed by atoms with van der Waals surface area (Å²) >= 11 is 0. The monoisotopic (exact) mass is 426 g/mol. The van der Waals surface area contributed by atoms with Crippen LogP contribution in [0.3, 0.4) is 0 Å². The molecule has 3 fully saturated rings. The van der Waals surface area contributed by atoms with Gasteiger partial charge in [-0.3, -0.25) is 0 Å². The molecule has 0 spiro atoms. The van der Waals surface area contributed by atoms with Crippen LogP contribution in [-0.2, 0) is 0 Å². The molecule has 0 radical (unpaired) electrons. The average molecular weight is 427 g/mol. The highest BCUT2D eigenvalue weighted by atomic mass is 16.3. The van der Waals surface area contributed by atoms with Gasteiger partial charge in [-0.15, -0.1) is 0 Å². The molecule has 0 unspecified atom stereocenters. The van der Waals surface area contributed by atoms with Gasteiger partial charge in [0.1, 0.15) is 0 Å². The molecule has 1 heteroatoms. The smallest absolute Gasteiger partial charge is 0.0568 e. The maximum atomic E-state index is 10.5. The zero-order chi connectivity index (χ0) is 22.6. The lowest BCUT2D eigenvalue weighted by molar-refractivity contribution is -0.0773. The van der Waals surface area contributed by atoms with Crippen molar-refractivity contribution in [3.8, 4) is 0 Å². The number of hydrogen-bond donors (Lipinski definition) is 1. The van der Waals surface area contributed by atoms with E-state index in [1.807, 2.05) is 5.57 Å². The van der Waals surface area contributed by atoms with Crippen LogP contribution in [0.4, 0.5) is 0 Å². The molecular weight excluding hydrogens is 376 g/mol. The van der Waals surface area contributed by atoms with Gasteiger partial charge in [-0.25, -0.2) is 0 Å². The molecule has 1 nitrogen and oxygen atoms in total. The molecule has 0 aromatic heterocycles. The van der Waals surface area contributed by atoms with E-state index in [0.717, 1.165) is 30.1 Å². The minimum absolute atomic E-state index is 0.0773. The molecule has 4 aliphatic carbocycles. The van der Waals surface area contributed by atoms with E-state index in [9.17, 15) is 5.11 Å². The Morgan fingerprint density at radius 1 is 1.06 bits per heavy atom. The zero-order valence-corrected chi connectivity index (χ0v) is 21.6. The highest BCUT2D eigenvalue weighted by Gasteiger charge is 2.59. The van der Waals surface area contributed by atoms with Crippen molar-refractivity contribution in [1.29, 1.82) is 0 Å². The third kappa shape index (κ3) is 3.79. The Labute approximate surface area is 193 Å². The second kappa shape index (κ2) is 8.66. The van der Waals surface area contributed by atoms with Gasteiger partial charge in [-0.05, 0) is 117 Å². The van der Waals surface area contributed by atoms with E-state index in [1.54, 1.807) is 5.57 Å². The summed E-state index contributed by atoms with van der Waals surface area (Å²) in [6.07, 6.45) is 16.8. The topological polar surface area (TPSA) is 20.2 Å². The van der Waals surface area contributed by atoms with Gasteiger partial charge in [0.05, 0.1) is 6.10 Å². The summed E-state index contributed by atoms with van der Waals surface area (Å²) in [6.45, 7) is 17.1. The van der Waals surface area contributed by atoms with Crippen LogP contribution < -0.4 is 0 Å². The Balaban J connectivity index is 1.51. The van der Waals surface area contributed by atoms with Gasteiger partial charge < -0.3 is 5.11 Å². The molecule has 3 saturated carbocycles. The van der Waals surface area contributed by atoms with Crippen LogP contribution in [0.2, 0.25) is 0 Å². The molecule has 0 saturated heterocycles. The van der Waals surface area contributed by atoms with E-state index in [0.29, 0.717) is 28.6 Å². The number of hydrogen-bond acceptors (Lipinski definition) is 1. The van der Waals surface area contributed by atoms with E-state index < -0.39 is 0 Å². The fraction of sp³-hybridized carbons (Fsp3) is 0.867. The first-order valence-electron chi connectivity index (χ1n) is 13.7. The van der Waals surface area contributed by atoms with E-state index >= 15 is 0 Å². The van der Waals surface area contributed by atoms with Crippen LogP contribution >= 0.6 is 0 Å². The Hall–Kier alpha value is -0.560. The highest BCUT2D eigenvalue weighted by Crippen LogP contribution is 2.67. The average Bonchev–Trinajstić information content (AvgIpc) is 3.08. The van der Waals surface area contributed by atoms with Gasteiger partial charge in [-0.2, -0.15) is 0 Å². The first kappa shape index (κ1) is 23.6. The van der Waals surface area contributed by atoms with Crippen molar-refractivity contribution in [2.75, 3.05) is 0 Å². The molecule has 0 aromatic rings. The van der Waals surface area contributed by atoms with E-state index in [-0.39, 0.29) is 6.10 Å². The van der Waals surface area contributed by atoms with Crippen molar-refractivity contribution < 1.29 is 5.11 Å². The molecule has 176 valence electrons. The summed E-state index contributed by atoms with van der Waals surface area (Å²) in [7, 11) is 0. The predicted molar refractivity (Wildman–Crippen MR) is 133 cm³/mol. The predicted octanol–water partition coefficient (Wildman–Crippen LogP) is 8.19. The van der Waals surface area contributed by atoms with Crippen molar-refractivity contribution in [1.82, 2.24) is 0 Å². The number of rotatable bonds is 5. The third-order valence-electron chi connectivity index (χ3n) is 11.3. The molecule has 0 aliphatic heterocycles. The molecule has 0 amide bonds. The molecule has 0 aromatic carbocycles. The van der Waals surface area contributed by atoms with Crippen LogP contribution in [0, 0.1) is 52.3 Å². The molecule has 0 bridgehead atoms. The van der Waals surface area contributed by atoms with E-state index in [2.05, 4.69) is 60.6 Å². The molecular formula is C30H50O. The molecule has 0 heterocycles. The summed E-state index contributed by atoms with van der Waals surface area (Å²) in [6, 6.07) is 0. The number of allylic oxidation sites excluding steroid dienone is 4. The summed E-state index contributed by atoms with van der Waals surface area (Å²) < 4.78 is 0. The van der Waals surface area contributed by atoms with Gasteiger partial charge in [-0.1, -0.05) is 64.8 Å². The lowest BCUT2D eigenvalue weighted by Gasteiger charge is -2.59. The second-order valence-electron chi connectivity index (χ2n) is 12.9. The number of fused-ring (bicyclic) bond motifs is 5. The van der Waals surface area contributed by atoms with Gasteiger partial charge >= 0.3 is 0 Å².